The Hall–Kier alpha value is -0.280. The van der Waals surface area contributed by atoms with E-state index in [1.54, 1.807) is 18.2 Å². The van der Waals surface area contributed by atoms with Gasteiger partial charge in [0.25, 0.3) is 12.3 Å². The molecule has 0 saturated carbocycles. The second-order valence-corrected chi connectivity index (χ2v) is 5.57. The molecule has 0 saturated heterocycles. The molecule has 1 rings (SSSR count). The number of carbonyl (C=O) groups excluding carboxylic acids is 1. The Bertz CT molecular complexity index is 432. The number of alkyl halides is 2. The molecule has 0 atom stereocenters. The number of amides is 1. The fourth-order valence-corrected chi connectivity index (χ4v) is 2.32. The first kappa shape index (κ1) is 15.8. The largest absolute Gasteiger partial charge is 0.395 e. The van der Waals surface area contributed by atoms with E-state index >= 15 is 0 Å². The van der Waals surface area contributed by atoms with Crippen LogP contribution in [-0.2, 0) is 0 Å². The van der Waals surface area contributed by atoms with Crippen LogP contribution in [0.2, 0.25) is 0 Å². The number of benzene rings is 1. The third kappa shape index (κ3) is 4.43. The van der Waals surface area contributed by atoms with Crippen LogP contribution in [0.3, 0.4) is 0 Å². The van der Waals surface area contributed by atoms with Gasteiger partial charge >= 0.3 is 0 Å². The van der Waals surface area contributed by atoms with E-state index in [1.165, 1.54) is 0 Å². The number of halogens is 4. The van der Waals surface area contributed by atoms with Crippen molar-refractivity contribution in [3.63, 3.8) is 0 Å². The smallest absolute Gasteiger partial charge is 0.255 e. The molecule has 7 heteroatoms. The van der Waals surface area contributed by atoms with Crippen LogP contribution in [0.5, 0.6) is 0 Å². The molecule has 0 aliphatic heterocycles. The van der Waals surface area contributed by atoms with Gasteiger partial charge in [0.2, 0.25) is 0 Å². The van der Waals surface area contributed by atoms with Gasteiger partial charge in [-0.05, 0) is 40.8 Å². The summed E-state index contributed by atoms with van der Waals surface area (Å²) < 4.78 is 26.1. The summed E-state index contributed by atoms with van der Waals surface area (Å²) in [6.45, 7) is -1.13. The lowest BCUT2D eigenvalue weighted by Gasteiger charge is -2.22. The minimum Gasteiger partial charge on any atom is -0.395 e. The Morgan fingerprint density at radius 1 is 1.50 bits per heavy atom. The van der Waals surface area contributed by atoms with Crippen molar-refractivity contribution in [2.45, 2.75) is 6.43 Å². The van der Waals surface area contributed by atoms with Gasteiger partial charge in [0.05, 0.1) is 18.7 Å². The van der Waals surface area contributed by atoms with E-state index in [2.05, 4.69) is 15.9 Å². The lowest BCUT2D eigenvalue weighted by atomic mass is 10.2. The molecule has 0 aromatic heterocycles. The van der Waals surface area contributed by atoms with Crippen LogP contribution < -0.4 is 0 Å². The fraction of sp³-hybridized carbons (Fsp3) is 0.364. The number of hydrogen-bond acceptors (Lipinski definition) is 2. The zero-order valence-corrected chi connectivity index (χ0v) is 13.0. The summed E-state index contributed by atoms with van der Waals surface area (Å²) >= 11 is 5.20. The Labute approximate surface area is 125 Å². The summed E-state index contributed by atoms with van der Waals surface area (Å²) in [7, 11) is 0. The second-order valence-electron chi connectivity index (χ2n) is 3.49. The van der Waals surface area contributed by atoms with Crippen LogP contribution >= 0.6 is 38.5 Å². The van der Waals surface area contributed by atoms with Crippen LogP contribution in [0.15, 0.2) is 22.7 Å². The first-order chi connectivity index (χ1) is 8.45. The molecule has 0 radical (unpaired) electrons. The standard InChI is InChI=1S/C11H11BrF2INO2/c12-7-1-2-9(15)8(5-7)11(18)16(3-4-17)6-10(13)14/h1-2,5,10,17H,3-4,6H2. The van der Waals surface area contributed by atoms with E-state index in [0.29, 0.717) is 13.6 Å². The second kappa shape index (κ2) is 7.34. The maximum absolute atomic E-state index is 12.4. The molecular formula is C11H11BrF2INO2. The van der Waals surface area contributed by atoms with Gasteiger partial charge < -0.3 is 10.0 Å². The third-order valence-electron chi connectivity index (χ3n) is 2.17. The minimum absolute atomic E-state index is 0.105. The van der Waals surface area contributed by atoms with Gasteiger partial charge in [0.15, 0.2) is 0 Å². The summed E-state index contributed by atoms with van der Waals surface area (Å²) in [4.78, 5) is 13.1. The number of nitrogens with zero attached hydrogens (tertiary/aromatic N) is 1. The summed E-state index contributed by atoms with van der Waals surface area (Å²) in [5, 5.41) is 8.82. The highest BCUT2D eigenvalue weighted by Gasteiger charge is 2.21. The number of hydrogen-bond donors (Lipinski definition) is 1. The van der Waals surface area contributed by atoms with E-state index in [0.717, 1.165) is 4.90 Å². The van der Waals surface area contributed by atoms with Crippen molar-refractivity contribution in [2.75, 3.05) is 19.7 Å². The SMILES string of the molecule is O=C(c1cc(Br)ccc1I)N(CCO)CC(F)F. The van der Waals surface area contributed by atoms with Gasteiger partial charge in [0.1, 0.15) is 0 Å². The molecule has 0 spiro atoms. The Balaban J connectivity index is 2.97. The molecule has 0 fully saturated rings. The predicted octanol–water partition coefficient (Wildman–Crippen LogP) is 2.75. The molecule has 0 unspecified atom stereocenters. The molecule has 3 nitrogen and oxygen atoms in total. The fourth-order valence-electron chi connectivity index (χ4n) is 1.39. The van der Waals surface area contributed by atoms with Gasteiger partial charge in [-0.15, -0.1) is 0 Å². The van der Waals surface area contributed by atoms with Crippen LogP contribution in [0.4, 0.5) is 8.78 Å². The van der Waals surface area contributed by atoms with Gasteiger partial charge in [-0.25, -0.2) is 8.78 Å². The van der Waals surface area contributed by atoms with Crippen molar-refractivity contribution in [3.8, 4) is 0 Å². The number of aliphatic hydroxyl groups excluding tert-OH is 1. The third-order valence-corrected chi connectivity index (χ3v) is 3.61. The molecule has 100 valence electrons. The maximum Gasteiger partial charge on any atom is 0.255 e. The van der Waals surface area contributed by atoms with Crippen LogP contribution in [0, 0.1) is 3.57 Å². The molecule has 0 aliphatic rings. The molecule has 0 bridgehead atoms. The zero-order valence-electron chi connectivity index (χ0n) is 9.25. The topological polar surface area (TPSA) is 40.5 Å². The molecular weight excluding hydrogens is 423 g/mol. The first-order valence-electron chi connectivity index (χ1n) is 5.09. The average molecular weight is 434 g/mol. The molecule has 1 aromatic carbocycles. The van der Waals surface area contributed by atoms with Gasteiger partial charge in [-0.1, -0.05) is 15.9 Å². The predicted molar refractivity (Wildman–Crippen MR) is 75.9 cm³/mol. The van der Waals surface area contributed by atoms with Crippen molar-refractivity contribution in [3.05, 3.63) is 31.8 Å². The average Bonchev–Trinajstić information content (AvgIpc) is 2.30. The first-order valence-corrected chi connectivity index (χ1v) is 6.96. The van der Waals surface area contributed by atoms with Crippen molar-refractivity contribution in [1.82, 2.24) is 4.90 Å². The Morgan fingerprint density at radius 3 is 2.72 bits per heavy atom. The Morgan fingerprint density at radius 2 is 2.17 bits per heavy atom. The number of aliphatic hydroxyl groups is 1. The quantitative estimate of drug-likeness (QED) is 0.725. The van der Waals surface area contributed by atoms with Crippen molar-refractivity contribution in [1.29, 1.82) is 0 Å². The molecule has 0 aliphatic carbocycles. The van der Waals surface area contributed by atoms with Gasteiger partial charge in [-0.3, -0.25) is 4.79 Å². The lowest BCUT2D eigenvalue weighted by molar-refractivity contribution is 0.0508. The summed E-state index contributed by atoms with van der Waals surface area (Å²) in [6.07, 6.45) is -2.62. The molecule has 1 N–H and O–H groups in total. The summed E-state index contributed by atoms with van der Waals surface area (Å²) in [5.74, 6) is -0.505. The highest BCUT2D eigenvalue weighted by molar-refractivity contribution is 14.1. The highest BCUT2D eigenvalue weighted by atomic mass is 127. The van der Waals surface area contributed by atoms with E-state index in [1.807, 2.05) is 22.6 Å². The van der Waals surface area contributed by atoms with Crippen molar-refractivity contribution >= 4 is 44.4 Å². The van der Waals surface area contributed by atoms with Crippen molar-refractivity contribution < 1.29 is 18.7 Å². The van der Waals surface area contributed by atoms with E-state index < -0.39 is 18.9 Å². The molecule has 18 heavy (non-hydrogen) atoms. The maximum atomic E-state index is 12.4. The highest BCUT2D eigenvalue weighted by Crippen LogP contribution is 2.20. The van der Waals surface area contributed by atoms with Crippen molar-refractivity contribution in [2.24, 2.45) is 0 Å². The minimum atomic E-state index is -2.62. The number of rotatable bonds is 5. The summed E-state index contributed by atoms with van der Waals surface area (Å²) in [5.41, 5.74) is 0.346. The monoisotopic (exact) mass is 433 g/mol. The van der Waals surface area contributed by atoms with Gasteiger partial charge in [0, 0.05) is 14.6 Å². The zero-order chi connectivity index (χ0) is 13.7. The Kier molecular flexibility index (Phi) is 6.44. The normalized spacial score (nSPS) is 10.8. The van der Waals surface area contributed by atoms with E-state index in [4.69, 9.17) is 5.11 Å². The lowest BCUT2D eigenvalue weighted by Crippen LogP contribution is -2.37. The molecule has 1 amide bonds. The molecule has 1 aromatic rings. The van der Waals surface area contributed by atoms with Gasteiger partial charge in [-0.2, -0.15) is 0 Å². The van der Waals surface area contributed by atoms with Crippen LogP contribution in [0.1, 0.15) is 10.4 Å². The van der Waals surface area contributed by atoms with Crippen LogP contribution in [-0.4, -0.2) is 42.0 Å². The van der Waals surface area contributed by atoms with E-state index in [-0.39, 0.29) is 13.2 Å². The number of carbonyl (C=O) groups is 1. The van der Waals surface area contributed by atoms with E-state index in [9.17, 15) is 13.6 Å². The van der Waals surface area contributed by atoms with Crippen LogP contribution in [0.25, 0.3) is 0 Å². The summed E-state index contributed by atoms with van der Waals surface area (Å²) in [6, 6.07) is 5.07. The molecule has 0 heterocycles.